The number of piperidine rings is 1. The van der Waals surface area contributed by atoms with Gasteiger partial charge in [0.25, 0.3) is 0 Å². The van der Waals surface area contributed by atoms with Crippen molar-refractivity contribution in [3.05, 3.63) is 46.6 Å². The molecule has 3 unspecified atom stereocenters. The van der Waals surface area contributed by atoms with Gasteiger partial charge in [-0.3, -0.25) is 4.39 Å². The average molecular weight is 580 g/mol. The molecule has 1 aromatic carbocycles. The number of benzene rings is 1. The summed E-state index contributed by atoms with van der Waals surface area (Å²) in [6.45, 7) is 5.44. The number of likely N-dealkylation sites (tertiary alicyclic amines) is 1. The molecule has 2 aromatic rings. The van der Waals surface area contributed by atoms with Crippen molar-refractivity contribution in [2.75, 3.05) is 50.0 Å². The summed E-state index contributed by atoms with van der Waals surface area (Å²) in [7, 11) is 0. The molecule has 7 nitrogen and oxygen atoms in total. The van der Waals surface area contributed by atoms with E-state index in [0.717, 1.165) is 62.0 Å². The van der Waals surface area contributed by atoms with Crippen molar-refractivity contribution in [2.24, 2.45) is 29.1 Å². The van der Waals surface area contributed by atoms with Gasteiger partial charge in [-0.15, -0.1) is 0 Å². The molecule has 5 aliphatic rings. The molecule has 220 valence electrons. The average Bonchev–Trinajstić information content (AvgIpc) is 2.98. The number of alkyl halides is 1. The number of anilines is 2. The summed E-state index contributed by atoms with van der Waals surface area (Å²) in [5.74, 6) is 4.15. The van der Waals surface area contributed by atoms with Gasteiger partial charge in [0.05, 0.1) is 12.9 Å². The lowest BCUT2D eigenvalue weighted by Gasteiger charge is -2.60. The maximum atomic E-state index is 12.5. The fourth-order valence-corrected chi connectivity index (χ4v) is 8.72. The Kier molecular flexibility index (Phi) is 8.95. The number of hydrogen-bond donors (Lipinski definition) is 3. The molecule has 1 aromatic heterocycles. The van der Waals surface area contributed by atoms with Crippen LogP contribution in [0.15, 0.2) is 30.5 Å². The number of aromatic nitrogens is 2. The quantitative estimate of drug-likeness (QED) is 0.289. The van der Waals surface area contributed by atoms with E-state index < -0.39 is 0 Å². The number of nitrogens with one attached hydrogen (secondary N) is 3. The zero-order valence-electron chi connectivity index (χ0n) is 23.9. The van der Waals surface area contributed by atoms with Gasteiger partial charge in [-0.25, -0.2) is 4.98 Å². The zero-order chi connectivity index (χ0) is 28.2. The number of nitriles is 1. The minimum atomic E-state index is -0.203. The summed E-state index contributed by atoms with van der Waals surface area (Å²) in [4.78, 5) is 11.5. The molecule has 4 aliphatic carbocycles. The first kappa shape index (κ1) is 28.6. The van der Waals surface area contributed by atoms with E-state index in [9.17, 15) is 9.65 Å². The molecule has 5 atom stereocenters. The summed E-state index contributed by atoms with van der Waals surface area (Å²) >= 11 is 6.31. The molecule has 3 N–H and O–H groups in total. The van der Waals surface area contributed by atoms with Crippen molar-refractivity contribution >= 4 is 23.4 Å². The van der Waals surface area contributed by atoms with Crippen LogP contribution in [0.2, 0.25) is 5.02 Å². The van der Waals surface area contributed by atoms with E-state index in [-0.39, 0.29) is 12.1 Å². The molecule has 41 heavy (non-hydrogen) atoms. The van der Waals surface area contributed by atoms with E-state index in [1.54, 1.807) is 6.20 Å². The molecule has 0 spiro atoms. The van der Waals surface area contributed by atoms with Gasteiger partial charge in [-0.05, 0) is 112 Å². The Balaban J connectivity index is 1.04. The van der Waals surface area contributed by atoms with Gasteiger partial charge in [0.1, 0.15) is 17.5 Å². The van der Waals surface area contributed by atoms with Crippen LogP contribution in [0.25, 0.3) is 0 Å². The number of rotatable bonds is 12. The normalized spacial score (nSPS) is 29.4. The Morgan fingerprint density at radius 1 is 1.10 bits per heavy atom. The summed E-state index contributed by atoms with van der Waals surface area (Å²) < 4.78 is 12.5. The zero-order valence-corrected chi connectivity index (χ0v) is 24.7. The lowest BCUT2D eigenvalue weighted by molar-refractivity contribution is -0.0704. The molecular weight excluding hydrogens is 537 g/mol. The van der Waals surface area contributed by atoms with Crippen LogP contribution in [0.4, 0.5) is 16.2 Å². The van der Waals surface area contributed by atoms with Crippen molar-refractivity contribution in [1.82, 2.24) is 20.2 Å². The second kappa shape index (κ2) is 12.8. The van der Waals surface area contributed by atoms with Gasteiger partial charge in [-0.2, -0.15) is 10.2 Å². The van der Waals surface area contributed by atoms with Crippen molar-refractivity contribution in [3.8, 4) is 6.07 Å². The third-order valence-electron chi connectivity index (χ3n) is 10.3. The Bertz CT molecular complexity index is 1210. The van der Waals surface area contributed by atoms with Crippen LogP contribution in [0.5, 0.6) is 0 Å². The minimum absolute atomic E-state index is 0.203. The third-order valence-corrected chi connectivity index (χ3v) is 10.7. The first-order valence-electron chi connectivity index (χ1n) is 15.5. The lowest BCUT2D eigenvalue weighted by atomic mass is 9.48. The molecule has 5 fully saturated rings. The highest BCUT2D eigenvalue weighted by Gasteiger charge is 2.55. The van der Waals surface area contributed by atoms with Gasteiger partial charge >= 0.3 is 0 Å². The van der Waals surface area contributed by atoms with Gasteiger partial charge in [0.2, 0.25) is 5.95 Å². The smallest absolute Gasteiger partial charge is 0.224 e. The van der Waals surface area contributed by atoms with E-state index in [1.165, 1.54) is 44.9 Å². The SMILES string of the molecule is N#Cc1cnc(NCc2ccccc2Cl)nc1NCC12CC3C[C@H](C1)C(NCC1CCN(CCCF)CC1)[C@@H](C3)C2. The van der Waals surface area contributed by atoms with E-state index in [1.807, 2.05) is 24.3 Å². The van der Waals surface area contributed by atoms with Crippen LogP contribution in [-0.2, 0) is 6.54 Å². The van der Waals surface area contributed by atoms with E-state index in [0.29, 0.717) is 41.4 Å². The second-order valence-corrected chi connectivity index (χ2v) is 13.5. The summed E-state index contributed by atoms with van der Waals surface area (Å²) in [5, 5.41) is 21.4. The molecule has 4 bridgehead atoms. The highest BCUT2D eigenvalue weighted by Crippen LogP contribution is 2.60. The molecular formula is C32H43ClFN7. The van der Waals surface area contributed by atoms with Crippen LogP contribution < -0.4 is 16.0 Å². The Morgan fingerprint density at radius 2 is 1.88 bits per heavy atom. The first-order chi connectivity index (χ1) is 20.0. The minimum Gasteiger partial charge on any atom is -0.368 e. The molecule has 1 saturated heterocycles. The fraction of sp³-hybridized carbons (Fsp3) is 0.656. The second-order valence-electron chi connectivity index (χ2n) is 13.1. The topological polar surface area (TPSA) is 88.9 Å². The number of halogens is 2. The van der Waals surface area contributed by atoms with Crippen molar-refractivity contribution in [3.63, 3.8) is 0 Å². The molecule has 9 heteroatoms. The standard InChI is InChI=1S/C32H43ClFN7/c33-28-5-2-1-4-24(28)19-37-31-38-20-27(17-35)30(40-31)39-21-32-14-23-12-25(15-32)29(26(13-23)16-32)36-18-22-6-10-41(11-7-22)9-3-8-34/h1-2,4-5,20,22-23,25-26,29,36H,3,6-16,18-19,21H2,(H2,37,38,39,40)/t23?,25-,26+,29?,32?. The Hall–Kier alpha value is -2.47. The van der Waals surface area contributed by atoms with Crippen LogP contribution in [0.1, 0.15) is 62.5 Å². The third kappa shape index (κ3) is 6.63. The summed E-state index contributed by atoms with van der Waals surface area (Å²) in [6.07, 6.45) is 11.2. The first-order valence-corrected chi connectivity index (χ1v) is 15.9. The fourth-order valence-electron chi connectivity index (χ4n) is 8.51. The van der Waals surface area contributed by atoms with E-state index >= 15 is 0 Å². The molecule has 2 heterocycles. The predicted molar refractivity (Wildman–Crippen MR) is 162 cm³/mol. The monoisotopic (exact) mass is 579 g/mol. The summed E-state index contributed by atoms with van der Waals surface area (Å²) in [6, 6.07) is 10.6. The van der Waals surface area contributed by atoms with E-state index in [4.69, 9.17) is 11.6 Å². The van der Waals surface area contributed by atoms with Crippen LogP contribution >= 0.6 is 11.6 Å². The van der Waals surface area contributed by atoms with Gasteiger partial charge < -0.3 is 20.9 Å². The molecule has 1 aliphatic heterocycles. The van der Waals surface area contributed by atoms with Crippen molar-refractivity contribution in [2.45, 2.75) is 64.0 Å². The number of nitrogens with zero attached hydrogens (tertiary/aromatic N) is 4. The van der Waals surface area contributed by atoms with Crippen LogP contribution in [0, 0.1) is 40.4 Å². The van der Waals surface area contributed by atoms with Crippen LogP contribution in [0.3, 0.4) is 0 Å². The maximum absolute atomic E-state index is 12.5. The van der Waals surface area contributed by atoms with Crippen LogP contribution in [-0.4, -0.2) is 60.3 Å². The molecule has 0 amide bonds. The molecule has 7 rings (SSSR count). The predicted octanol–water partition coefficient (Wildman–Crippen LogP) is 5.88. The van der Waals surface area contributed by atoms with Crippen molar-refractivity contribution < 1.29 is 4.39 Å². The largest absolute Gasteiger partial charge is 0.368 e. The number of hydrogen-bond acceptors (Lipinski definition) is 7. The lowest BCUT2D eigenvalue weighted by Crippen LogP contribution is -2.60. The van der Waals surface area contributed by atoms with Gasteiger partial charge in [0, 0.05) is 30.7 Å². The highest BCUT2D eigenvalue weighted by molar-refractivity contribution is 6.31. The van der Waals surface area contributed by atoms with Crippen molar-refractivity contribution in [1.29, 1.82) is 5.26 Å². The highest BCUT2D eigenvalue weighted by atomic mass is 35.5. The Morgan fingerprint density at radius 3 is 2.61 bits per heavy atom. The van der Waals surface area contributed by atoms with Gasteiger partial charge in [0.15, 0.2) is 0 Å². The maximum Gasteiger partial charge on any atom is 0.224 e. The molecule has 0 radical (unpaired) electrons. The van der Waals surface area contributed by atoms with Gasteiger partial charge in [-0.1, -0.05) is 29.8 Å². The summed E-state index contributed by atoms with van der Waals surface area (Å²) in [5.41, 5.74) is 1.74. The molecule has 4 saturated carbocycles. The Labute approximate surface area is 248 Å². The van der Waals surface area contributed by atoms with E-state index in [2.05, 4.69) is 36.9 Å².